The zero-order valence-electron chi connectivity index (χ0n) is 7.84. The summed E-state index contributed by atoms with van der Waals surface area (Å²) in [7, 11) is 0. The zero-order valence-corrected chi connectivity index (χ0v) is 8.59. The van der Waals surface area contributed by atoms with E-state index in [9.17, 15) is 0 Å². The predicted molar refractivity (Wildman–Crippen MR) is 60.7 cm³/mol. The topological polar surface area (TPSA) is 38.1 Å². The van der Waals surface area contributed by atoms with Crippen LogP contribution in [0, 0.1) is 0 Å². The van der Waals surface area contributed by atoms with Crippen molar-refractivity contribution in [2.24, 2.45) is 4.99 Å². The number of hydrogen-bond donors (Lipinski definition) is 0. The molecular weight excluding hydrogens is 210 g/mol. The third-order valence-electron chi connectivity index (χ3n) is 1.76. The van der Waals surface area contributed by atoms with Crippen molar-refractivity contribution >= 4 is 23.6 Å². The fraction of sp³-hybridized carbons (Fsp3) is 0. The number of nitrogens with zero attached hydrogens (tertiary/aromatic N) is 3. The van der Waals surface area contributed by atoms with E-state index < -0.39 is 0 Å². The first-order valence-electron chi connectivity index (χ1n) is 4.40. The second kappa shape index (κ2) is 4.66. The molecule has 4 heteroatoms. The van der Waals surface area contributed by atoms with E-state index in [0.717, 1.165) is 5.56 Å². The zero-order chi connectivity index (χ0) is 10.5. The molecule has 0 fully saturated rings. The molecule has 0 amide bonds. The molecule has 74 valence electrons. The maximum atomic E-state index is 5.71. The van der Waals surface area contributed by atoms with E-state index in [2.05, 4.69) is 15.0 Å². The quantitative estimate of drug-likeness (QED) is 0.726. The van der Waals surface area contributed by atoms with Crippen LogP contribution in [0.25, 0.3) is 0 Å². The van der Waals surface area contributed by atoms with Crippen molar-refractivity contribution in [3.05, 3.63) is 53.4 Å². The maximum Gasteiger partial charge on any atom is 0.151 e. The lowest BCUT2D eigenvalue weighted by atomic mass is 10.3. The highest BCUT2D eigenvalue weighted by Crippen LogP contribution is 2.11. The summed E-state index contributed by atoms with van der Waals surface area (Å²) < 4.78 is 0. The molecule has 2 aromatic heterocycles. The Hall–Kier alpha value is -1.74. The first kappa shape index (κ1) is 9.80. The number of rotatable bonds is 2. The molecule has 0 aliphatic rings. The molecule has 0 aliphatic heterocycles. The number of pyridine rings is 2. The van der Waals surface area contributed by atoms with Crippen LogP contribution in [0.3, 0.4) is 0 Å². The molecule has 0 radical (unpaired) electrons. The number of hydrogen-bond acceptors (Lipinski definition) is 3. The summed E-state index contributed by atoms with van der Waals surface area (Å²) in [5.41, 5.74) is 0.988. The van der Waals surface area contributed by atoms with Gasteiger partial charge in [-0.1, -0.05) is 11.6 Å². The van der Waals surface area contributed by atoms with Gasteiger partial charge in [0.25, 0.3) is 0 Å². The molecule has 0 aromatic carbocycles. The minimum Gasteiger partial charge on any atom is -0.265 e. The Morgan fingerprint density at radius 1 is 1.13 bits per heavy atom. The molecule has 3 nitrogen and oxygen atoms in total. The normalized spacial score (nSPS) is 10.7. The van der Waals surface area contributed by atoms with Crippen LogP contribution in [0.2, 0.25) is 5.02 Å². The van der Waals surface area contributed by atoms with Crippen molar-refractivity contribution in [3.8, 4) is 0 Å². The summed E-state index contributed by atoms with van der Waals surface area (Å²) in [5, 5.41) is 0.609. The van der Waals surface area contributed by atoms with Gasteiger partial charge in [-0.3, -0.25) is 4.98 Å². The molecule has 0 aliphatic carbocycles. The average molecular weight is 218 g/mol. The standard InChI is InChI=1S/C11H8ClN3/c12-10-1-2-11(15-8-10)14-7-9-3-5-13-6-4-9/h1-8H. The summed E-state index contributed by atoms with van der Waals surface area (Å²) in [6.45, 7) is 0. The third kappa shape index (κ3) is 2.86. The smallest absolute Gasteiger partial charge is 0.151 e. The van der Waals surface area contributed by atoms with Gasteiger partial charge in [-0.25, -0.2) is 9.98 Å². The number of halogens is 1. The molecular formula is C11H8ClN3. The second-order valence-electron chi connectivity index (χ2n) is 2.87. The fourth-order valence-corrected chi connectivity index (χ4v) is 1.15. The van der Waals surface area contributed by atoms with E-state index >= 15 is 0 Å². The largest absolute Gasteiger partial charge is 0.265 e. The van der Waals surface area contributed by atoms with Crippen LogP contribution < -0.4 is 0 Å². The lowest BCUT2D eigenvalue weighted by Crippen LogP contribution is -1.81. The highest BCUT2D eigenvalue weighted by atomic mass is 35.5. The molecule has 15 heavy (non-hydrogen) atoms. The van der Waals surface area contributed by atoms with Crippen molar-refractivity contribution < 1.29 is 0 Å². The third-order valence-corrected chi connectivity index (χ3v) is 1.99. The molecule has 0 atom stereocenters. The van der Waals surface area contributed by atoms with Crippen LogP contribution in [0.5, 0.6) is 0 Å². The van der Waals surface area contributed by atoms with E-state index in [-0.39, 0.29) is 0 Å². The molecule has 2 heterocycles. The van der Waals surface area contributed by atoms with Crippen LogP contribution in [-0.2, 0) is 0 Å². The Kier molecular flexibility index (Phi) is 3.05. The van der Waals surface area contributed by atoms with E-state index in [0.29, 0.717) is 10.8 Å². The average Bonchev–Trinajstić information content (AvgIpc) is 2.30. The van der Waals surface area contributed by atoms with Crippen LogP contribution >= 0.6 is 11.6 Å². The monoisotopic (exact) mass is 217 g/mol. The summed E-state index contributed by atoms with van der Waals surface area (Å²) >= 11 is 5.71. The van der Waals surface area contributed by atoms with Crippen molar-refractivity contribution in [1.82, 2.24) is 9.97 Å². The Balaban J connectivity index is 2.15. The minimum absolute atomic E-state index is 0.609. The van der Waals surface area contributed by atoms with E-state index in [1.807, 2.05) is 12.1 Å². The van der Waals surface area contributed by atoms with Crippen molar-refractivity contribution in [2.75, 3.05) is 0 Å². The molecule has 0 bridgehead atoms. The first-order valence-corrected chi connectivity index (χ1v) is 4.78. The van der Waals surface area contributed by atoms with Crippen LogP contribution in [-0.4, -0.2) is 16.2 Å². The molecule has 2 rings (SSSR count). The van der Waals surface area contributed by atoms with Gasteiger partial charge < -0.3 is 0 Å². The van der Waals surface area contributed by atoms with E-state index in [4.69, 9.17) is 11.6 Å². The van der Waals surface area contributed by atoms with Crippen molar-refractivity contribution in [3.63, 3.8) is 0 Å². The molecule has 0 saturated carbocycles. The first-order chi connectivity index (χ1) is 7.34. The highest BCUT2D eigenvalue weighted by Gasteiger charge is 1.90. The summed E-state index contributed by atoms with van der Waals surface area (Å²) in [4.78, 5) is 12.2. The molecule has 0 saturated heterocycles. The Labute approximate surface area is 92.5 Å². The minimum atomic E-state index is 0.609. The van der Waals surface area contributed by atoms with Crippen LogP contribution in [0.4, 0.5) is 5.82 Å². The summed E-state index contributed by atoms with van der Waals surface area (Å²) in [5.74, 6) is 0.635. The van der Waals surface area contributed by atoms with Gasteiger partial charge in [0.15, 0.2) is 5.82 Å². The van der Waals surface area contributed by atoms with Gasteiger partial charge in [0.2, 0.25) is 0 Å². The van der Waals surface area contributed by atoms with Gasteiger partial charge in [0.05, 0.1) is 5.02 Å². The number of aliphatic imine (C=N–C) groups is 1. The maximum absolute atomic E-state index is 5.71. The van der Waals surface area contributed by atoms with Crippen molar-refractivity contribution in [2.45, 2.75) is 0 Å². The lowest BCUT2D eigenvalue weighted by molar-refractivity contribution is 1.27. The van der Waals surface area contributed by atoms with E-state index in [1.54, 1.807) is 36.9 Å². The SMILES string of the molecule is Clc1ccc(N=Cc2ccncc2)nc1. The van der Waals surface area contributed by atoms with Gasteiger partial charge >= 0.3 is 0 Å². The summed E-state index contributed by atoms with van der Waals surface area (Å²) in [6.07, 6.45) is 6.74. The highest BCUT2D eigenvalue weighted by molar-refractivity contribution is 6.30. The van der Waals surface area contributed by atoms with Crippen molar-refractivity contribution in [1.29, 1.82) is 0 Å². The van der Waals surface area contributed by atoms with Gasteiger partial charge in [0.1, 0.15) is 0 Å². The summed E-state index contributed by atoms with van der Waals surface area (Å²) in [6, 6.07) is 7.27. The van der Waals surface area contributed by atoms with Crippen LogP contribution in [0.1, 0.15) is 5.56 Å². The van der Waals surface area contributed by atoms with Gasteiger partial charge in [-0.15, -0.1) is 0 Å². The van der Waals surface area contributed by atoms with Gasteiger partial charge in [-0.05, 0) is 29.8 Å². The molecule has 0 N–H and O–H groups in total. The molecule has 0 unspecified atom stereocenters. The van der Waals surface area contributed by atoms with E-state index in [1.165, 1.54) is 0 Å². The second-order valence-corrected chi connectivity index (χ2v) is 3.31. The Morgan fingerprint density at radius 2 is 1.93 bits per heavy atom. The van der Waals surface area contributed by atoms with Gasteiger partial charge in [0, 0.05) is 24.8 Å². The molecule has 2 aromatic rings. The molecule has 0 spiro atoms. The Bertz CT molecular complexity index is 451. The van der Waals surface area contributed by atoms with Gasteiger partial charge in [-0.2, -0.15) is 0 Å². The van der Waals surface area contributed by atoms with Crippen LogP contribution in [0.15, 0.2) is 47.8 Å². The fourth-order valence-electron chi connectivity index (χ4n) is 1.03. The lowest BCUT2D eigenvalue weighted by Gasteiger charge is -1.93. The Morgan fingerprint density at radius 3 is 2.60 bits per heavy atom. The predicted octanol–water partition coefficient (Wildman–Crippen LogP) is 2.88. The number of aromatic nitrogens is 2.